The molecule has 15 heavy (non-hydrogen) atoms. The fourth-order valence-corrected chi connectivity index (χ4v) is 2.53. The Labute approximate surface area is 89.9 Å². The molecule has 1 aromatic rings. The SMILES string of the molecule is CN1CCCC1(CN)c1cccc(F)c1. The summed E-state index contributed by atoms with van der Waals surface area (Å²) in [5.74, 6) is -0.180. The van der Waals surface area contributed by atoms with Gasteiger partial charge in [0.25, 0.3) is 0 Å². The average molecular weight is 208 g/mol. The molecule has 0 radical (unpaired) electrons. The van der Waals surface area contributed by atoms with E-state index in [4.69, 9.17) is 5.73 Å². The van der Waals surface area contributed by atoms with E-state index in [1.807, 2.05) is 6.07 Å². The molecule has 0 bridgehead atoms. The van der Waals surface area contributed by atoms with Gasteiger partial charge >= 0.3 is 0 Å². The van der Waals surface area contributed by atoms with E-state index in [1.54, 1.807) is 12.1 Å². The largest absolute Gasteiger partial charge is 0.328 e. The van der Waals surface area contributed by atoms with Gasteiger partial charge in [-0.25, -0.2) is 4.39 Å². The van der Waals surface area contributed by atoms with Gasteiger partial charge in [0, 0.05) is 6.54 Å². The predicted octanol–water partition coefficient (Wildman–Crippen LogP) is 1.71. The molecule has 1 saturated heterocycles. The maximum absolute atomic E-state index is 13.2. The first-order chi connectivity index (χ1) is 7.19. The number of benzene rings is 1. The second-order valence-electron chi connectivity index (χ2n) is 4.27. The first-order valence-corrected chi connectivity index (χ1v) is 5.36. The molecule has 1 aliphatic rings. The van der Waals surface area contributed by atoms with E-state index in [0.717, 1.165) is 24.9 Å². The van der Waals surface area contributed by atoms with Gasteiger partial charge in [-0.3, -0.25) is 4.90 Å². The van der Waals surface area contributed by atoms with Crippen LogP contribution in [0.25, 0.3) is 0 Å². The molecule has 1 fully saturated rings. The zero-order valence-electron chi connectivity index (χ0n) is 9.04. The predicted molar refractivity (Wildman–Crippen MR) is 59.0 cm³/mol. The fraction of sp³-hybridized carbons (Fsp3) is 0.500. The second kappa shape index (κ2) is 3.91. The molecule has 1 aliphatic heterocycles. The van der Waals surface area contributed by atoms with Crippen molar-refractivity contribution in [3.8, 4) is 0 Å². The van der Waals surface area contributed by atoms with Crippen molar-refractivity contribution in [1.29, 1.82) is 0 Å². The van der Waals surface area contributed by atoms with Crippen molar-refractivity contribution in [2.45, 2.75) is 18.4 Å². The summed E-state index contributed by atoms with van der Waals surface area (Å²) in [6.45, 7) is 1.58. The minimum absolute atomic E-state index is 0.151. The van der Waals surface area contributed by atoms with Crippen LogP contribution < -0.4 is 5.73 Å². The number of likely N-dealkylation sites (N-methyl/N-ethyl adjacent to an activating group) is 1. The summed E-state index contributed by atoms with van der Waals surface area (Å²) in [5, 5.41) is 0. The first kappa shape index (κ1) is 10.6. The lowest BCUT2D eigenvalue weighted by Gasteiger charge is -2.35. The molecule has 1 heterocycles. The van der Waals surface area contributed by atoms with E-state index in [1.165, 1.54) is 6.07 Å². The molecule has 0 saturated carbocycles. The molecule has 82 valence electrons. The maximum atomic E-state index is 13.2. The van der Waals surface area contributed by atoms with E-state index >= 15 is 0 Å². The number of nitrogens with two attached hydrogens (primary N) is 1. The Morgan fingerprint density at radius 3 is 2.87 bits per heavy atom. The highest BCUT2D eigenvalue weighted by atomic mass is 19.1. The number of nitrogens with zero attached hydrogens (tertiary/aromatic N) is 1. The Balaban J connectivity index is 2.42. The van der Waals surface area contributed by atoms with Gasteiger partial charge < -0.3 is 5.73 Å². The standard InChI is InChI=1S/C12H17FN2/c1-15-7-3-6-12(15,9-14)10-4-2-5-11(13)8-10/h2,4-5,8H,3,6-7,9,14H2,1H3. The molecule has 0 aromatic heterocycles. The number of likely N-dealkylation sites (tertiary alicyclic amines) is 1. The van der Waals surface area contributed by atoms with Gasteiger partial charge in [0.15, 0.2) is 0 Å². The smallest absolute Gasteiger partial charge is 0.123 e. The van der Waals surface area contributed by atoms with Crippen LogP contribution in [0.3, 0.4) is 0 Å². The van der Waals surface area contributed by atoms with E-state index in [0.29, 0.717) is 6.54 Å². The Kier molecular flexibility index (Phi) is 2.76. The van der Waals surface area contributed by atoms with Crippen LogP contribution in [-0.2, 0) is 5.54 Å². The number of halogens is 1. The topological polar surface area (TPSA) is 29.3 Å². The summed E-state index contributed by atoms with van der Waals surface area (Å²) < 4.78 is 13.2. The van der Waals surface area contributed by atoms with E-state index in [-0.39, 0.29) is 11.4 Å². The van der Waals surface area contributed by atoms with Crippen LogP contribution in [-0.4, -0.2) is 25.0 Å². The first-order valence-electron chi connectivity index (χ1n) is 5.36. The molecular weight excluding hydrogens is 191 g/mol. The van der Waals surface area contributed by atoms with Gasteiger partial charge in [0.1, 0.15) is 5.82 Å². The van der Waals surface area contributed by atoms with Crippen LogP contribution in [0.2, 0.25) is 0 Å². The summed E-state index contributed by atoms with van der Waals surface area (Å²) in [4.78, 5) is 2.24. The van der Waals surface area contributed by atoms with Crippen molar-refractivity contribution in [3.63, 3.8) is 0 Å². The molecule has 3 heteroatoms. The van der Waals surface area contributed by atoms with Crippen molar-refractivity contribution in [2.75, 3.05) is 20.1 Å². The van der Waals surface area contributed by atoms with Gasteiger partial charge in [0.2, 0.25) is 0 Å². The highest BCUT2D eigenvalue weighted by Gasteiger charge is 2.38. The van der Waals surface area contributed by atoms with Crippen LogP contribution in [0.4, 0.5) is 4.39 Å². The van der Waals surface area contributed by atoms with Gasteiger partial charge in [0.05, 0.1) is 5.54 Å². The van der Waals surface area contributed by atoms with Gasteiger partial charge in [-0.15, -0.1) is 0 Å². The van der Waals surface area contributed by atoms with E-state index in [2.05, 4.69) is 11.9 Å². The molecule has 1 atom stereocenters. The van der Waals surface area contributed by atoms with E-state index < -0.39 is 0 Å². The summed E-state index contributed by atoms with van der Waals surface area (Å²) in [7, 11) is 2.06. The molecule has 2 rings (SSSR count). The lowest BCUT2D eigenvalue weighted by Crippen LogP contribution is -2.44. The molecule has 2 nitrogen and oxygen atoms in total. The highest BCUT2D eigenvalue weighted by Crippen LogP contribution is 2.36. The minimum Gasteiger partial charge on any atom is -0.328 e. The summed E-state index contributed by atoms with van der Waals surface area (Å²) in [5.41, 5.74) is 6.73. The summed E-state index contributed by atoms with van der Waals surface area (Å²) in [6.07, 6.45) is 2.15. The van der Waals surface area contributed by atoms with Crippen LogP contribution in [0.1, 0.15) is 18.4 Å². The van der Waals surface area contributed by atoms with Crippen molar-refractivity contribution in [2.24, 2.45) is 5.73 Å². The minimum atomic E-state index is -0.180. The quantitative estimate of drug-likeness (QED) is 0.801. The Bertz CT molecular complexity index is 353. The van der Waals surface area contributed by atoms with E-state index in [9.17, 15) is 4.39 Å². The zero-order valence-corrected chi connectivity index (χ0v) is 9.04. The lowest BCUT2D eigenvalue weighted by atomic mass is 9.87. The number of hydrogen-bond donors (Lipinski definition) is 1. The molecule has 0 spiro atoms. The third-order valence-corrected chi connectivity index (χ3v) is 3.51. The molecule has 0 aliphatic carbocycles. The summed E-state index contributed by atoms with van der Waals surface area (Å²) >= 11 is 0. The second-order valence-corrected chi connectivity index (χ2v) is 4.27. The monoisotopic (exact) mass is 208 g/mol. The number of rotatable bonds is 2. The Hall–Kier alpha value is -0.930. The zero-order chi connectivity index (χ0) is 10.9. The highest BCUT2D eigenvalue weighted by molar-refractivity contribution is 5.27. The van der Waals surface area contributed by atoms with Gasteiger partial charge in [-0.05, 0) is 44.1 Å². The van der Waals surface area contributed by atoms with Crippen molar-refractivity contribution < 1.29 is 4.39 Å². The van der Waals surface area contributed by atoms with Crippen molar-refractivity contribution in [3.05, 3.63) is 35.6 Å². The maximum Gasteiger partial charge on any atom is 0.123 e. The van der Waals surface area contributed by atoms with Crippen molar-refractivity contribution >= 4 is 0 Å². The molecule has 1 aromatic carbocycles. The lowest BCUT2D eigenvalue weighted by molar-refractivity contribution is 0.182. The normalized spacial score (nSPS) is 27.1. The van der Waals surface area contributed by atoms with Gasteiger partial charge in [-0.1, -0.05) is 12.1 Å². The van der Waals surface area contributed by atoms with Crippen LogP contribution in [0, 0.1) is 5.82 Å². The third-order valence-electron chi connectivity index (χ3n) is 3.51. The molecule has 1 unspecified atom stereocenters. The van der Waals surface area contributed by atoms with Crippen molar-refractivity contribution in [1.82, 2.24) is 4.90 Å². The molecular formula is C12H17FN2. The molecule has 0 amide bonds. The van der Waals surface area contributed by atoms with Crippen LogP contribution >= 0.6 is 0 Å². The fourth-order valence-electron chi connectivity index (χ4n) is 2.53. The Morgan fingerprint density at radius 2 is 2.33 bits per heavy atom. The number of hydrogen-bond acceptors (Lipinski definition) is 2. The Morgan fingerprint density at radius 1 is 1.53 bits per heavy atom. The van der Waals surface area contributed by atoms with Crippen LogP contribution in [0.15, 0.2) is 24.3 Å². The third kappa shape index (κ3) is 1.66. The summed E-state index contributed by atoms with van der Waals surface area (Å²) in [6, 6.07) is 6.81. The molecule has 2 N–H and O–H groups in total. The van der Waals surface area contributed by atoms with Crippen LogP contribution in [0.5, 0.6) is 0 Å². The average Bonchev–Trinajstić information content (AvgIpc) is 2.61. The van der Waals surface area contributed by atoms with Gasteiger partial charge in [-0.2, -0.15) is 0 Å².